The molecular formula is C15H26N4O. The average molecular weight is 278 g/mol. The van der Waals surface area contributed by atoms with Crippen LogP contribution < -0.4 is 10.2 Å². The number of nitrogens with one attached hydrogen (secondary N) is 1. The average Bonchev–Trinajstić information content (AvgIpc) is 2.42. The molecule has 1 aromatic heterocycles. The summed E-state index contributed by atoms with van der Waals surface area (Å²) in [5.41, 5.74) is 0. The molecule has 0 aliphatic heterocycles. The van der Waals surface area contributed by atoms with Crippen LogP contribution in [0.25, 0.3) is 0 Å². The molecular weight excluding hydrogens is 252 g/mol. The molecule has 5 heteroatoms. The van der Waals surface area contributed by atoms with Crippen molar-refractivity contribution in [3.8, 4) is 0 Å². The highest BCUT2D eigenvalue weighted by atomic mass is 16.3. The number of aromatic nitrogens is 2. The first-order chi connectivity index (χ1) is 9.62. The molecule has 20 heavy (non-hydrogen) atoms. The quantitative estimate of drug-likeness (QED) is 0.799. The van der Waals surface area contributed by atoms with Crippen molar-refractivity contribution in [3.63, 3.8) is 0 Å². The van der Waals surface area contributed by atoms with E-state index in [1.807, 2.05) is 6.07 Å². The number of hydrogen-bond acceptors (Lipinski definition) is 5. The largest absolute Gasteiger partial charge is 0.393 e. The fourth-order valence-electron chi connectivity index (χ4n) is 2.51. The van der Waals surface area contributed by atoms with E-state index in [9.17, 15) is 5.11 Å². The van der Waals surface area contributed by atoms with Crippen LogP contribution in [0.15, 0.2) is 6.07 Å². The molecule has 2 N–H and O–H groups in total. The SMILES string of the molecule is CCCNc1cc(N(C)CC2CC(O)C2)nc(CC)n1. The highest BCUT2D eigenvalue weighted by Gasteiger charge is 2.28. The lowest BCUT2D eigenvalue weighted by atomic mass is 9.82. The van der Waals surface area contributed by atoms with Crippen LogP contribution in [-0.2, 0) is 6.42 Å². The van der Waals surface area contributed by atoms with Crippen molar-refractivity contribution < 1.29 is 5.11 Å². The van der Waals surface area contributed by atoms with Gasteiger partial charge in [-0.05, 0) is 25.2 Å². The van der Waals surface area contributed by atoms with E-state index in [0.29, 0.717) is 5.92 Å². The van der Waals surface area contributed by atoms with E-state index in [4.69, 9.17) is 0 Å². The number of rotatable bonds is 7. The van der Waals surface area contributed by atoms with Crippen LogP contribution in [0.5, 0.6) is 0 Å². The van der Waals surface area contributed by atoms with E-state index in [-0.39, 0.29) is 6.10 Å². The van der Waals surface area contributed by atoms with Gasteiger partial charge in [0.15, 0.2) is 0 Å². The van der Waals surface area contributed by atoms with Crippen molar-refractivity contribution in [2.24, 2.45) is 5.92 Å². The highest BCUT2D eigenvalue weighted by Crippen LogP contribution is 2.29. The van der Waals surface area contributed by atoms with Crippen molar-refractivity contribution in [1.29, 1.82) is 0 Å². The Morgan fingerprint density at radius 1 is 1.35 bits per heavy atom. The van der Waals surface area contributed by atoms with Crippen LogP contribution in [0.1, 0.15) is 38.9 Å². The number of aliphatic hydroxyl groups excluding tert-OH is 1. The monoisotopic (exact) mass is 278 g/mol. The predicted octanol–water partition coefficient (Wildman–Crippen LogP) is 2.07. The molecule has 0 saturated heterocycles. The minimum atomic E-state index is -0.0909. The number of anilines is 2. The van der Waals surface area contributed by atoms with E-state index in [0.717, 1.165) is 56.2 Å². The Morgan fingerprint density at radius 3 is 2.70 bits per heavy atom. The predicted molar refractivity (Wildman–Crippen MR) is 82.2 cm³/mol. The Bertz CT molecular complexity index is 432. The van der Waals surface area contributed by atoms with Gasteiger partial charge >= 0.3 is 0 Å². The second kappa shape index (κ2) is 6.88. The minimum Gasteiger partial charge on any atom is -0.393 e. The zero-order valence-corrected chi connectivity index (χ0v) is 12.8. The van der Waals surface area contributed by atoms with Crippen LogP contribution in [-0.4, -0.2) is 41.3 Å². The Labute approximate surface area is 121 Å². The molecule has 1 heterocycles. The van der Waals surface area contributed by atoms with E-state index in [1.165, 1.54) is 0 Å². The third-order valence-corrected chi connectivity index (χ3v) is 3.77. The molecule has 1 saturated carbocycles. The second-order valence-corrected chi connectivity index (χ2v) is 5.68. The Balaban J connectivity index is 2.04. The molecule has 1 aromatic rings. The maximum atomic E-state index is 9.37. The molecule has 0 spiro atoms. The summed E-state index contributed by atoms with van der Waals surface area (Å²) < 4.78 is 0. The van der Waals surface area contributed by atoms with E-state index in [2.05, 4.69) is 41.1 Å². The summed E-state index contributed by atoms with van der Waals surface area (Å²) in [5.74, 6) is 3.34. The Morgan fingerprint density at radius 2 is 2.10 bits per heavy atom. The molecule has 0 radical (unpaired) electrons. The van der Waals surface area contributed by atoms with Gasteiger partial charge in [0.1, 0.15) is 17.5 Å². The molecule has 112 valence electrons. The summed E-state index contributed by atoms with van der Waals surface area (Å²) in [6.07, 6.45) is 3.65. The molecule has 1 aliphatic rings. The summed E-state index contributed by atoms with van der Waals surface area (Å²) in [6.45, 7) is 6.09. The Hall–Kier alpha value is -1.36. The number of aliphatic hydroxyl groups is 1. The lowest BCUT2D eigenvalue weighted by Crippen LogP contribution is -2.37. The van der Waals surface area contributed by atoms with E-state index < -0.39 is 0 Å². The van der Waals surface area contributed by atoms with Crippen molar-refractivity contribution >= 4 is 11.6 Å². The van der Waals surface area contributed by atoms with Crippen molar-refractivity contribution in [2.75, 3.05) is 30.4 Å². The molecule has 1 fully saturated rings. The molecule has 0 atom stereocenters. The standard InChI is InChI=1S/C15H26N4O/c1-4-6-16-14-9-15(18-13(5-2)17-14)19(3)10-11-7-12(20)8-11/h9,11-12,20H,4-8,10H2,1-3H3,(H,16,17,18). The summed E-state index contributed by atoms with van der Waals surface area (Å²) in [5, 5.41) is 12.7. The van der Waals surface area contributed by atoms with Crippen LogP contribution in [0.3, 0.4) is 0 Å². The number of aryl methyl sites for hydroxylation is 1. The molecule has 1 aliphatic carbocycles. The smallest absolute Gasteiger partial charge is 0.134 e. The van der Waals surface area contributed by atoms with Gasteiger partial charge in [-0.2, -0.15) is 0 Å². The fourth-order valence-corrected chi connectivity index (χ4v) is 2.51. The third kappa shape index (κ3) is 3.82. The number of nitrogens with zero attached hydrogens (tertiary/aromatic N) is 3. The molecule has 0 aromatic carbocycles. The maximum absolute atomic E-state index is 9.37. The third-order valence-electron chi connectivity index (χ3n) is 3.77. The van der Waals surface area contributed by atoms with Gasteiger partial charge in [0, 0.05) is 32.6 Å². The summed E-state index contributed by atoms with van der Waals surface area (Å²) in [4.78, 5) is 11.3. The van der Waals surface area contributed by atoms with E-state index >= 15 is 0 Å². The zero-order valence-electron chi connectivity index (χ0n) is 12.8. The van der Waals surface area contributed by atoms with Gasteiger partial charge in [-0.25, -0.2) is 9.97 Å². The first-order valence-corrected chi connectivity index (χ1v) is 7.63. The van der Waals surface area contributed by atoms with Gasteiger partial charge < -0.3 is 15.3 Å². The number of hydrogen-bond donors (Lipinski definition) is 2. The van der Waals surface area contributed by atoms with Gasteiger partial charge in [0.05, 0.1) is 6.10 Å². The van der Waals surface area contributed by atoms with Gasteiger partial charge in [0.25, 0.3) is 0 Å². The van der Waals surface area contributed by atoms with Crippen LogP contribution in [0.2, 0.25) is 0 Å². The molecule has 0 unspecified atom stereocenters. The van der Waals surface area contributed by atoms with Crippen LogP contribution in [0, 0.1) is 5.92 Å². The molecule has 0 amide bonds. The molecule has 5 nitrogen and oxygen atoms in total. The first kappa shape index (κ1) is 15.0. The maximum Gasteiger partial charge on any atom is 0.134 e. The first-order valence-electron chi connectivity index (χ1n) is 7.63. The van der Waals surface area contributed by atoms with Gasteiger partial charge in [0.2, 0.25) is 0 Å². The minimum absolute atomic E-state index is 0.0909. The molecule has 0 bridgehead atoms. The topological polar surface area (TPSA) is 61.3 Å². The van der Waals surface area contributed by atoms with Crippen molar-refractivity contribution in [1.82, 2.24) is 9.97 Å². The summed E-state index contributed by atoms with van der Waals surface area (Å²) >= 11 is 0. The zero-order chi connectivity index (χ0) is 14.5. The second-order valence-electron chi connectivity index (χ2n) is 5.68. The highest BCUT2D eigenvalue weighted by molar-refractivity contribution is 5.49. The summed E-state index contributed by atoms with van der Waals surface area (Å²) in [7, 11) is 2.07. The van der Waals surface area contributed by atoms with Crippen LogP contribution >= 0.6 is 0 Å². The van der Waals surface area contributed by atoms with Crippen LogP contribution in [0.4, 0.5) is 11.6 Å². The summed E-state index contributed by atoms with van der Waals surface area (Å²) in [6, 6.07) is 2.02. The van der Waals surface area contributed by atoms with Gasteiger partial charge in [-0.3, -0.25) is 0 Å². The Kier molecular flexibility index (Phi) is 5.17. The lowest BCUT2D eigenvalue weighted by Gasteiger charge is -2.34. The fraction of sp³-hybridized carbons (Fsp3) is 0.733. The van der Waals surface area contributed by atoms with Gasteiger partial charge in [-0.15, -0.1) is 0 Å². The molecule has 2 rings (SSSR count). The van der Waals surface area contributed by atoms with E-state index in [1.54, 1.807) is 0 Å². The van der Waals surface area contributed by atoms with Crippen molar-refractivity contribution in [2.45, 2.75) is 45.6 Å². The van der Waals surface area contributed by atoms with Gasteiger partial charge in [-0.1, -0.05) is 13.8 Å². The normalized spacial score (nSPS) is 21.4. The lowest BCUT2D eigenvalue weighted by molar-refractivity contribution is 0.0464. The van der Waals surface area contributed by atoms with Crippen molar-refractivity contribution in [3.05, 3.63) is 11.9 Å².